The zero-order valence-corrected chi connectivity index (χ0v) is 17.8. The molecule has 0 spiro atoms. The Labute approximate surface area is 177 Å². The highest BCUT2D eigenvalue weighted by Gasteiger charge is 2.40. The Kier molecular flexibility index (Phi) is 5.43. The number of hydrogen-bond donors (Lipinski definition) is 1. The first-order valence-corrected chi connectivity index (χ1v) is 10.4. The molecule has 2 aliphatic rings. The molecule has 6 nitrogen and oxygen atoms in total. The minimum Gasteiger partial charge on any atom is -0.381 e. The van der Waals surface area contributed by atoms with Crippen LogP contribution in [0.15, 0.2) is 54.3 Å². The van der Waals surface area contributed by atoms with Crippen LogP contribution in [0.3, 0.4) is 0 Å². The maximum absolute atomic E-state index is 12.5. The molecule has 0 radical (unpaired) electrons. The zero-order chi connectivity index (χ0) is 21.3. The van der Waals surface area contributed by atoms with Crippen molar-refractivity contribution in [2.75, 3.05) is 18.0 Å². The number of hydrogen-bond acceptors (Lipinski definition) is 6. The minimum atomic E-state index is -0.904. The third-order valence-corrected chi connectivity index (χ3v) is 5.76. The van der Waals surface area contributed by atoms with E-state index in [4.69, 9.17) is 4.84 Å². The molecule has 0 bridgehead atoms. The van der Waals surface area contributed by atoms with E-state index in [0.717, 1.165) is 54.1 Å². The first kappa shape index (κ1) is 20.3. The summed E-state index contributed by atoms with van der Waals surface area (Å²) in [5.74, 6) is 0.832. The second kappa shape index (κ2) is 8.03. The van der Waals surface area contributed by atoms with Crippen molar-refractivity contribution in [1.29, 1.82) is 0 Å². The largest absolute Gasteiger partial charge is 0.381 e. The van der Waals surface area contributed by atoms with Gasteiger partial charge in [0.15, 0.2) is 11.3 Å². The van der Waals surface area contributed by atoms with Gasteiger partial charge in [0, 0.05) is 30.0 Å². The van der Waals surface area contributed by atoms with E-state index >= 15 is 0 Å². The highest BCUT2D eigenvalue weighted by molar-refractivity contribution is 6.49. The molecule has 156 valence electrons. The Morgan fingerprint density at radius 3 is 2.63 bits per heavy atom. The van der Waals surface area contributed by atoms with Crippen LogP contribution in [0.25, 0.3) is 5.70 Å². The maximum Gasteiger partial charge on any atom is 0.230 e. The highest BCUT2D eigenvalue weighted by Crippen LogP contribution is 2.31. The van der Waals surface area contributed by atoms with Gasteiger partial charge in [-0.2, -0.15) is 0 Å². The van der Waals surface area contributed by atoms with Gasteiger partial charge in [0.05, 0.1) is 0 Å². The Morgan fingerprint density at radius 2 is 2.03 bits per heavy atom. The number of ketones is 1. The van der Waals surface area contributed by atoms with Gasteiger partial charge in [-0.1, -0.05) is 42.1 Å². The normalized spacial score (nSPS) is 20.4. The van der Waals surface area contributed by atoms with Gasteiger partial charge >= 0.3 is 0 Å². The van der Waals surface area contributed by atoms with E-state index in [2.05, 4.69) is 39.9 Å². The number of carbonyl (C=O) groups is 1. The first-order valence-electron chi connectivity index (χ1n) is 10.4. The van der Waals surface area contributed by atoms with Crippen molar-refractivity contribution in [2.24, 2.45) is 5.16 Å². The molecule has 2 aliphatic heterocycles. The fraction of sp³-hybridized carbons (Fsp3) is 0.375. The molecule has 1 fully saturated rings. The van der Waals surface area contributed by atoms with Crippen LogP contribution in [0, 0.1) is 6.92 Å². The fourth-order valence-corrected chi connectivity index (χ4v) is 3.98. The van der Waals surface area contributed by atoms with Gasteiger partial charge < -0.3 is 15.1 Å². The fourth-order valence-electron chi connectivity index (χ4n) is 3.98. The van der Waals surface area contributed by atoms with Gasteiger partial charge in [-0.25, -0.2) is 4.98 Å². The zero-order valence-electron chi connectivity index (χ0n) is 17.8. The number of anilines is 1. The Balaban J connectivity index is 1.63. The van der Waals surface area contributed by atoms with Gasteiger partial charge in [0.2, 0.25) is 5.78 Å². The molecule has 4 rings (SSSR count). The molecule has 1 aromatic heterocycles. The van der Waals surface area contributed by atoms with E-state index < -0.39 is 5.60 Å². The molecule has 1 atom stereocenters. The van der Waals surface area contributed by atoms with Gasteiger partial charge in [-0.05, 0) is 57.4 Å². The molecule has 0 saturated carbocycles. The van der Waals surface area contributed by atoms with Crippen LogP contribution in [-0.2, 0) is 9.63 Å². The third-order valence-electron chi connectivity index (χ3n) is 5.76. The molecule has 1 saturated heterocycles. The summed E-state index contributed by atoms with van der Waals surface area (Å²) in [5, 5.41) is 7.49. The summed E-state index contributed by atoms with van der Waals surface area (Å²) in [6.45, 7) is 11.9. The van der Waals surface area contributed by atoms with Gasteiger partial charge in [-0.15, -0.1) is 0 Å². The number of nitrogens with zero attached hydrogens (tertiary/aromatic N) is 3. The Hall–Kier alpha value is -2.99. The van der Waals surface area contributed by atoms with E-state index in [9.17, 15) is 4.79 Å². The number of aryl methyl sites for hydroxylation is 1. The van der Waals surface area contributed by atoms with Crippen molar-refractivity contribution < 1.29 is 9.63 Å². The number of Topliss-reactive ketones (excluding diaryl/α,β-unsaturated/α-hetero) is 1. The average molecular weight is 405 g/mol. The van der Waals surface area contributed by atoms with Crippen LogP contribution in [0.2, 0.25) is 0 Å². The molecule has 0 unspecified atom stereocenters. The van der Waals surface area contributed by atoms with E-state index in [1.807, 2.05) is 36.5 Å². The summed E-state index contributed by atoms with van der Waals surface area (Å²) in [4.78, 5) is 24.7. The lowest BCUT2D eigenvalue weighted by molar-refractivity contribution is -0.128. The lowest BCUT2D eigenvalue weighted by Gasteiger charge is -2.37. The van der Waals surface area contributed by atoms with Crippen LogP contribution in [0.1, 0.15) is 43.4 Å². The van der Waals surface area contributed by atoms with Crippen molar-refractivity contribution in [3.63, 3.8) is 0 Å². The van der Waals surface area contributed by atoms with Crippen LogP contribution in [0.5, 0.6) is 0 Å². The van der Waals surface area contributed by atoms with Gasteiger partial charge in [0.1, 0.15) is 5.82 Å². The van der Waals surface area contributed by atoms with Gasteiger partial charge in [-0.3, -0.25) is 4.79 Å². The van der Waals surface area contributed by atoms with Crippen LogP contribution in [0.4, 0.5) is 5.82 Å². The lowest BCUT2D eigenvalue weighted by atomic mass is 9.95. The smallest absolute Gasteiger partial charge is 0.230 e. The quantitative estimate of drug-likeness (QED) is 0.823. The number of oxime groups is 1. The van der Waals surface area contributed by atoms with Crippen molar-refractivity contribution in [3.05, 3.63) is 65.9 Å². The maximum atomic E-state index is 12.5. The third kappa shape index (κ3) is 3.75. The Morgan fingerprint density at radius 1 is 1.27 bits per heavy atom. The molecule has 0 amide bonds. The number of carbonyl (C=O) groups excluding carboxylic acids is 1. The topological polar surface area (TPSA) is 66.8 Å². The summed E-state index contributed by atoms with van der Waals surface area (Å²) >= 11 is 0. The summed E-state index contributed by atoms with van der Waals surface area (Å²) in [5.41, 5.74) is 3.21. The minimum absolute atomic E-state index is 0.104. The van der Waals surface area contributed by atoms with Crippen molar-refractivity contribution >= 4 is 23.0 Å². The monoisotopic (exact) mass is 404 g/mol. The molecule has 6 heteroatoms. The molecule has 3 heterocycles. The molecule has 2 aromatic rings. The predicted octanol–water partition coefficient (Wildman–Crippen LogP) is 3.70. The first-order chi connectivity index (χ1) is 14.4. The molecule has 1 aromatic carbocycles. The van der Waals surface area contributed by atoms with E-state index in [1.54, 1.807) is 13.8 Å². The van der Waals surface area contributed by atoms with Crippen LogP contribution < -0.4 is 10.2 Å². The number of rotatable bonds is 5. The number of nitrogens with one attached hydrogen (secondary N) is 1. The molecule has 30 heavy (non-hydrogen) atoms. The van der Waals surface area contributed by atoms with E-state index in [1.165, 1.54) is 0 Å². The molecular formula is C24H28N4O2. The van der Waals surface area contributed by atoms with Crippen LogP contribution in [-0.4, -0.2) is 41.2 Å². The van der Waals surface area contributed by atoms with E-state index in [-0.39, 0.29) is 11.8 Å². The molecule has 0 aliphatic carbocycles. The van der Waals surface area contributed by atoms with Gasteiger partial charge in [0.25, 0.3) is 0 Å². The molecular weight excluding hydrogens is 376 g/mol. The second-order valence-electron chi connectivity index (χ2n) is 8.41. The number of pyridine rings is 1. The second-order valence-corrected chi connectivity index (χ2v) is 8.41. The summed E-state index contributed by atoms with van der Waals surface area (Å²) < 4.78 is 0. The van der Waals surface area contributed by atoms with Crippen molar-refractivity contribution in [2.45, 2.75) is 45.3 Å². The lowest BCUT2D eigenvalue weighted by Crippen LogP contribution is -2.45. The SMILES string of the molecule is C=C(c1ccc(C2=NOC(C)(C)C2=O)cc1)N(c1ncccc1C)[C@@H]1CCCNC1. The Bertz CT molecular complexity index is 989. The van der Waals surface area contributed by atoms with E-state index in [0.29, 0.717) is 5.71 Å². The van der Waals surface area contributed by atoms with Crippen molar-refractivity contribution in [1.82, 2.24) is 10.3 Å². The molecule has 1 N–H and O–H groups in total. The summed E-state index contributed by atoms with van der Waals surface area (Å²) in [6, 6.07) is 12.1. The summed E-state index contributed by atoms with van der Waals surface area (Å²) in [7, 11) is 0. The number of piperidine rings is 1. The predicted molar refractivity (Wildman–Crippen MR) is 120 cm³/mol. The number of aromatic nitrogens is 1. The number of benzene rings is 1. The highest BCUT2D eigenvalue weighted by atomic mass is 16.7. The average Bonchev–Trinajstić information content (AvgIpc) is 3.03. The van der Waals surface area contributed by atoms with Crippen LogP contribution >= 0.6 is 0 Å². The standard InChI is InChI=1S/C24H28N4O2/c1-16-7-5-14-26-23(16)28(20-8-6-13-25-15-20)17(2)18-9-11-19(12-10-18)21-22(29)24(3,4)30-27-21/h5,7,9-12,14,20,25H,2,6,8,13,15H2,1,3-4H3/t20-/m1/s1. The van der Waals surface area contributed by atoms with Crippen molar-refractivity contribution in [3.8, 4) is 0 Å². The summed E-state index contributed by atoms with van der Waals surface area (Å²) in [6.07, 6.45) is 4.03.